The topological polar surface area (TPSA) is 92.5 Å². The molecule has 6 nitrogen and oxygen atoms in total. The molecule has 1 aliphatic rings. The van der Waals surface area contributed by atoms with Gasteiger partial charge in [0.2, 0.25) is 0 Å². The van der Waals surface area contributed by atoms with Crippen molar-refractivity contribution in [1.82, 2.24) is 0 Å². The number of nitro benzene ring substituents is 1. The van der Waals surface area contributed by atoms with Crippen molar-refractivity contribution in [3.8, 4) is 11.1 Å². The second kappa shape index (κ2) is 6.94. The second-order valence-corrected chi connectivity index (χ2v) is 7.39. The van der Waals surface area contributed by atoms with Crippen molar-refractivity contribution in [3.63, 3.8) is 0 Å². The Labute approximate surface area is 164 Å². The highest BCUT2D eigenvalue weighted by Crippen LogP contribution is 2.49. The van der Waals surface area contributed by atoms with Crippen LogP contribution in [0.1, 0.15) is 24.0 Å². The number of non-ortho nitro benzene ring substituents is 1. The van der Waals surface area contributed by atoms with Crippen LogP contribution in [-0.2, 0) is 4.79 Å². The number of nitrogens with one attached hydrogen (secondary N) is 1. The molecule has 0 spiro atoms. The number of carbonyl (C=O) groups is 1. The molecule has 1 aromatic heterocycles. The fourth-order valence-electron chi connectivity index (χ4n) is 3.63. The Morgan fingerprint density at radius 3 is 2.61 bits per heavy atom. The van der Waals surface area contributed by atoms with Crippen LogP contribution in [0.4, 0.5) is 10.7 Å². The van der Waals surface area contributed by atoms with Gasteiger partial charge in [-0.2, -0.15) is 0 Å². The molecule has 3 aromatic rings. The number of aliphatic carboxylic acids is 1. The number of carboxylic acid groups (broad SMARTS) is 1. The third-order valence-corrected chi connectivity index (χ3v) is 5.75. The van der Waals surface area contributed by atoms with E-state index in [0.29, 0.717) is 11.3 Å². The van der Waals surface area contributed by atoms with Gasteiger partial charge in [-0.3, -0.25) is 10.1 Å². The number of carboxylic acids is 1. The van der Waals surface area contributed by atoms with Crippen LogP contribution in [0.5, 0.6) is 0 Å². The first kappa shape index (κ1) is 17.9. The number of hydrogen-bond donors (Lipinski definition) is 2. The van der Waals surface area contributed by atoms with Crippen LogP contribution in [0.2, 0.25) is 0 Å². The summed E-state index contributed by atoms with van der Waals surface area (Å²) in [6.07, 6.45) is 0. The monoisotopic (exact) mass is 392 g/mol. The van der Waals surface area contributed by atoms with Crippen molar-refractivity contribution < 1.29 is 14.8 Å². The fraction of sp³-hybridized carbons (Fsp3) is 0.0952. The molecule has 1 aliphatic heterocycles. The average molecular weight is 392 g/mol. The molecule has 7 heteroatoms. The predicted molar refractivity (Wildman–Crippen MR) is 109 cm³/mol. The lowest BCUT2D eigenvalue weighted by molar-refractivity contribution is -0.384. The summed E-state index contributed by atoms with van der Waals surface area (Å²) in [6.45, 7) is 1.72. The van der Waals surface area contributed by atoms with E-state index in [4.69, 9.17) is 0 Å². The van der Waals surface area contributed by atoms with E-state index in [9.17, 15) is 20.0 Å². The van der Waals surface area contributed by atoms with Gasteiger partial charge in [0.05, 0.1) is 15.5 Å². The molecule has 4 rings (SSSR count). The van der Waals surface area contributed by atoms with Crippen LogP contribution in [0, 0.1) is 10.1 Å². The number of nitrogens with zero attached hydrogens (tertiary/aromatic N) is 1. The van der Waals surface area contributed by atoms with Crippen molar-refractivity contribution in [1.29, 1.82) is 0 Å². The molecule has 1 unspecified atom stereocenters. The molecule has 0 saturated carbocycles. The van der Waals surface area contributed by atoms with Gasteiger partial charge in [0.25, 0.3) is 5.69 Å². The summed E-state index contributed by atoms with van der Waals surface area (Å²) < 4.78 is 0. The standard InChI is InChI=1S/C21H16N2O4S/c1-12-17(21(24)25)18(14-8-5-9-15(10-14)23(26)27)19-16(11-28-20(19)22-12)13-6-3-2-4-7-13/h2-11,18,22H,1H3,(H,24,25). The lowest BCUT2D eigenvalue weighted by Gasteiger charge is -2.28. The van der Waals surface area contributed by atoms with Crippen molar-refractivity contribution in [2.24, 2.45) is 0 Å². The normalized spacial score (nSPS) is 15.7. The zero-order valence-electron chi connectivity index (χ0n) is 14.9. The molecule has 2 N–H and O–H groups in total. The van der Waals surface area contributed by atoms with E-state index in [0.717, 1.165) is 21.7 Å². The predicted octanol–water partition coefficient (Wildman–Crippen LogP) is 5.24. The fourth-order valence-corrected chi connectivity index (χ4v) is 4.69. The van der Waals surface area contributed by atoms with Crippen molar-refractivity contribution >= 4 is 28.0 Å². The summed E-state index contributed by atoms with van der Waals surface area (Å²) in [5.41, 5.74) is 4.00. The summed E-state index contributed by atoms with van der Waals surface area (Å²) in [7, 11) is 0. The van der Waals surface area contributed by atoms with E-state index in [1.807, 2.05) is 35.7 Å². The zero-order valence-corrected chi connectivity index (χ0v) is 15.7. The number of rotatable bonds is 4. The molecule has 2 heterocycles. The number of fused-ring (bicyclic) bond motifs is 1. The summed E-state index contributed by atoms with van der Waals surface area (Å²) in [5.74, 6) is -1.65. The van der Waals surface area contributed by atoms with Gasteiger partial charge in [-0.25, -0.2) is 4.79 Å². The Morgan fingerprint density at radius 2 is 1.93 bits per heavy atom. The van der Waals surface area contributed by atoms with Crippen LogP contribution in [0.3, 0.4) is 0 Å². The molecule has 0 amide bonds. The van der Waals surface area contributed by atoms with Crippen LogP contribution in [0.15, 0.2) is 71.2 Å². The number of nitro groups is 1. The number of benzene rings is 2. The molecule has 0 aliphatic carbocycles. The van der Waals surface area contributed by atoms with E-state index < -0.39 is 16.8 Å². The highest BCUT2D eigenvalue weighted by Gasteiger charge is 2.35. The van der Waals surface area contributed by atoms with Crippen LogP contribution >= 0.6 is 11.3 Å². The number of anilines is 1. The molecule has 0 saturated heterocycles. The molecule has 2 aromatic carbocycles. The molecule has 0 fully saturated rings. The number of thiophene rings is 1. The maximum absolute atomic E-state index is 12.1. The van der Waals surface area contributed by atoms with Crippen molar-refractivity contribution in [2.45, 2.75) is 12.8 Å². The zero-order chi connectivity index (χ0) is 19.8. The maximum atomic E-state index is 12.1. The van der Waals surface area contributed by atoms with Crippen LogP contribution in [-0.4, -0.2) is 16.0 Å². The van der Waals surface area contributed by atoms with Crippen LogP contribution in [0.25, 0.3) is 11.1 Å². The van der Waals surface area contributed by atoms with E-state index in [2.05, 4.69) is 5.32 Å². The third-order valence-electron chi connectivity index (χ3n) is 4.84. The quantitative estimate of drug-likeness (QED) is 0.468. The highest BCUT2D eigenvalue weighted by molar-refractivity contribution is 7.15. The molecular weight excluding hydrogens is 376 g/mol. The first-order chi connectivity index (χ1) is 13.5. The minimum absolute atomic E-state index is 0.0588. The molecule has 140 valence electrons. The van der Waals surface area contributed by atoms with Gasteiger partial charge < -0.3 is 10.4 Å². The van der Waals surface area contributed by atoms with Gasteiger partial charge in [-0.05, 0) is 23.6 Å². The maximum Gasteiger partial charge on any atom is 0.334 e. The van der Waals surface area contributed by atoms with Gasteiger partial charge in [0, 0.05) is 34.7 Å². The van der Waals surface area contributed by atoms with E-state index in [-0.39, 0.29) is 11.3 Å². The van der Waals surface area contributed by atoms with E-state index in [1.54, 1.807) is 19.1 Å². The SMILES string of the molecule is CC1=C(C(=O)O)C(c2cccc([N+](=O)[O-])c2)c2c(-c3ccccc3)csc2N1. The molecule has 0 radical (unpaired) electrons. The van der Waals surface area contributed by atoms with Gasteiger partial charge in [-0.15, -0.1) is 11.3 Å². The second-order valence-electron chi connectivity index (χ2n) is 6.51. The number of allylic oxidation sites excluding steroid dienone is 1. The largest absolute Gasteiger partial charge is 0.478 e. The van der Waals surface area contributed by atoms with Crippen LogP contribution < -0.4 is 5.32 Å². The minimum Gasteiger partial charge on any atom is -0.478 e. The Morgan fingerprint density at radius 1 is 1.18 bits per heavy atom. The Bertz CT molecular complexity index is 1120. The average Bonchev–Trinajstić information content (AvgIpc) is 3.10. The van der Waals surface area contributed by atoms with E-state index >= 15 is 0 Å². The summed E-state index contributed by atoms with van der Waals surface area (Å²) in [6, 6.07) is 15.9. The Kier molecular flexibility index (Phi) is 4.44. The summed E-state index contributed by atoms with van der Waals surface area (Å²) in [5, 5.41) is 27.2. The Balaban J connectivity index is 1.98. The lowest BCUT2D eigenvalue weighted by atomic mass is 9.80. The first-order valence-electron chi connectivity index (χ1n) is 8.59. The Hall–Kier alpha value is -3.45. The van der Waals surface area contributed by atoms with E-state index in [1.165, 1.54) is 23.5 Å². The summed E-state index contributed by atoms with van der Waals surface area (Å²) >= 11 is 1.50. The van der Waals surface area contributed by atoms with Gasteiger partial charge >= 0.3 is 5.97 Å². The van der Waals surface area contributed by atoms with Gasteiger partial charge in [0.1, 0.15) is 0 Å². The summed E-state index contributed by atoms with van der Waals surface area (Å²) in [4.78, 5) is 22.9. The van der Waals surface area contributed by atoms with Gasteiger partial charge in [-0.1, -0.05) is 42.5 Å². The smallest absolute Gasteiger partial charge is 0.334 e. The molecular formula is C21H16N2O4S. The minimum atomic E-state index is -1.04. The molecule has 28 heavy (non-hydrogen) atoms. The molecule has 0 bridgehead atoms. The van der Waals surface area contributed by atoms with Crippen molar-refractivity contribution in [3.05, 3.63) is 92.5 Å². The first-order valence-corrected chi connectivity index (χ1v) is 9.47. The van der Waals surface area contributed by atoms with Gasteiger partial charge in [0.15, 0.2) is 0 Å². The third kappa shape index (κ3) is 2.95. The number of hydrogen-bond acceptors (Lipinski definition) is 5. The molecule has 1 atom stereocenters. The van der Waals surface area contributed by atoms with Crippen molar-refractivity contribution in [2.75, 3.05) is 5.32 Å². The lowest BCUT2D eigenvalue weighted by Crippen LogP contribution is -2.22. The highest BCUT2D eigenvalue weighted by atomic mass is 32.1.